The van der Waals surface area contributed by atoms with E-state index in [0.717, 1.165) is 12.1 Å². The molecule has 0 aliphatic rings. The van der Waals surface area contributed by atoms with Crippen LogP contribution in [0.3, 0.4) is 0 Å². The van der Waals surface area contributed by atoms with Crippen LogP contribution in [0.1, 0.15) is 0 Å². The second-order valence-electron chi connectivity index (χ2n) is 3.51. The van der Waals surface area contributed by atoms with Gasteiger partial charge >= 0.3 is 5.97 Å². The van der Waals surface area contributed by atoms with Crippen molar-refractivity contribution in [3.8, 4) is 0 Å². The van der Waals surface area contributed by atoms with Gasteiger partial charge in [-0.3, -0.25) is 4.79 Å². The summed E-state index contributed by atoms with van der Waals surface area (Å²) in [7, 11) is 0. The minimum atomic E-state index is -1.09. The van der Waals surface area contributed by atoms with E-state index in [1.54, 1.807) is 0 Å². The zero-order valence-electron chi connectivity index (χ0n) is 8.88. The van der Waals surface area contributed by atoms with Crippen LogP contribution in [0.25, 0.3) is 10.8 Å². The minimum Gasteiger partial charge on any atom is -0.480 e. The molecule has 2 N–H and O–H groups in total. The molecule has 0 fully saturated rings. The average molecular weight is 317 g/mol. The molecule has 2 rings (SSSR count). The summed E-state index contributed by atoms with van der Waals surface area (Å²) in [6, 6.07) is 1.86. The largest absolute Gasteiger partial charge is 0.480 e. The molecule has 94 valence electrons. The highest BCUT2D eigenvalue weighted by molar-refractivity contribution is 9.10. The standard InChI is InChI=1S/C11H7BrF2N2O2/c12-7-3-15-11(16-4-9(17)18)6-1-5(13)2-8(14)10(6)7/h1-3H,4H2,(H,15,16)(H,17,18). The third-order valence-corrected chi connectivity index (χ3v) is 2.86. The van der Waals surface area contributed by atoms with Gasteiger partial charge in [0.15, 0.2) is 0 Å². The van der Waals surface area contributed by atoms with Crippen molar-refractivity contribution in [2.24, 2.45) is 0 Å². The fourth-order valence-electron chi connectivity index (χ4n) is 1.56. The number of rotatable bonds is 3. The summed E-state index contributed by atoms with van der Waals surface area (Å²) in [5, 5.41) is 11.4. The molecule has 4 nitrogen and oxygen atoms in total. The van der Waals surface area contributed by atoms with Gasteiger partial charge in [0.1, 0.15) is 24.0 Å². The molecular formula is C11H7BrF2N2O2. The lowest BCUT2D eigenvalue weighted by atomic mass is 10.1. The van der Waals surface area contributed by atoms with Gasteiger partial charge in [-0.05, 0) is 22.0 Å². The lowest BCUT2D eigenvalue weighted by molar-refractivity contribution is -0.134. The van der Waals surface area contributed by atoms with Crippen molar-refractivity contribution in [3.63, 3.8) is 0 Å². The number of aromatic nitrogens is 1. The first kappa shape index (κ1) is 12.7. The van der Waals surface area contributed by atoms with Crippen LogP contribution >= 0.6 is 15.9 Å². The van der Waals surface area contributed by atoms with Crippen molar-refractivity contribution < 1.29 is 18.7 Å². The SMILES string of the molecule is O=C(O)CNc1ncc(Br)c2c(F)cc(F)cc12. The van der Waals surface area contributed by atoms with Crippen LogP contribution in [-0.2, 0) is 4.79 Å². The summed E-state index contributed by atoms with van der Waals surface area (Å²) in [4.78, 5) is 14.4. The molecule has 1 aromatic carbocycles. The first-order valence-electron chi connectivity index (χ1n) is 4.88. The predicted molar refractivity (Wildman–Crippen MR) is 65.5 cm³/mol. The molecular weight excluding hydrogens is 310 g/mol. The van der Waals surface area contributed by atoms with E-state index < -0.39 is 17.6 Å². The number of anilines is 1. The molecule has 0 bridgehead atoms. The summed E-state index contributed by atoms with van der Waals surface area (Å²) in [6.07, 6.45) is 1.33. The highest BCUT2D eigenvalue weighted by atomic mass is 79.9. The normalized spacial score (nSPS) is 10.6. The number of aliphatic carboxylic acids is 1. The second-order valence-corrected chi connectivity index (χ2v) is 4.37. The minimum absolute atomic E-state index is 0.119. The van der Waals surface area contributed by atoms with Gasteiger partial charge in [-0.25, -0.2) is 13.8 Å². The molecule has 0 saturated heterocycles. The van der Waals surface area contributed by atoms with E-state index in [4.69, 9.17) is 5.11 Å². The van der Waals surface area contributed by atoms with E-state index in [9.17, 15) is 13.6 Å². The molecule has 0 saturated carbocycles. The molecule has 0 radical (unpaired) electrons. The number of nitrogens with zero attached hydrogens (tertiary/aromatic N) is 1. The van der Waals surface area contributed by atoms with Crippen LogP contribution in [-0.4, -0.2) is 22.6 Å². The van der Waals surface area contributed by atoms with Gasteiger partial charge in [-0.1, -0.05) is 0 Å². The zero-order valence-corrected chi connectivity index (χ0v) is 10.5. The van der Waals surface area contributed by atoms with Gasteiger partial charge in [0, 0.05) is 27.5 Å². The molecule has 1 aromatic heterocycles. The van der Waals surface area contributed by atoms with Gasteiger partial charge in [-0.15, -0.1) is 0 Å². The highest BCUT2D eigenvalue weighted by Gasteiger charge is 2.12. The van der Waals surface area contributed by atoms with Gasteiger partial charge < -0.3 is 10.4 Å². The molecule has 0 aliphatic heterocycles. The zero-order chi connectivity index (χ0) is 13.3. The first-order valence-corrected chi connectivity index (χ1v) is 5.67. The smallest absolute Gasteiger partial charge is 0.322 e. The number of halogens is 3. The fourth-order valence-corrected chi connectivity index (χ4v) is 2.06. The van der Waals surface area contributed by atoms with E-state index in [2.05, 4.69) is 26.2 Å². The van der Waals surface area contributed by atoms with Crippen LogP contribution < -0.4 is 5.32 Å². The summed E-state index contributed by atoms with van der Waals surface area (Å²) >= 11 is 3.12. The Bertz CT molecular complexity index is 634. The van der Waals surface area contributed by atoms with E-state index in [1.807, 2.05) is 0 Å². The Morgan fingerprint density at radius 2 is 2.17 bits per heavy atom. The van der Waals surface area contributed by atoms with Crippen molar-refractivity contribution >= 4 is 38.5 Å². The summed E-state index contributed by atoms with van der Waals surface area (Å²) in [6.45, 7) is -0.387. The van der Waals surface area contributed by atoms with Crippen molar-refractivity contribution in [3.05, 3.63) is 34.4 Å². The molecule has 1 heterocycles. The third kappa shape index (κ3) is 2.40. The van der Waals surface area contributed by atoms with Crippen molar-refractivity contribution in [1.29, 1.82) is 0 Å². The van der Waals surface area contributed by atoms with Crippen molar-refractivity contribution in [2.75, 3.05) is 11.9 Å². The number of benzene rings is 1. The summed E-state index contributed by atoms with van der Waals surface area (Å²) in [5.41, 5.74) is 0. The first-order chi connectivity index (χ1) is 8.49. The maximum atomic E-state index is 13.6. The lowest BCUT2D eigenvalue weighted by Gasteiger charge is -2.09. The van der Waals surface area contributed by atoms with Crippen LogP contribution in [0.15, 0.2) is 22.8 Å². The maximum absolute atomic E-state index is 13.6. The number of carboxylic acids is 1. The quantitative estimate of drug-likeness (QED) is 0.914. The number of carbonyl (C=O) groups is 1. The molecule has 18 heavy (non-hydrogen) atoms. The fraction of sp³-hybridized carbons (Fsp3) is 0.0909. The average Bonchev–Trinajstić information content (AvgIpc) is 2.26. The van der Waals surface area contributed by atoms with E-state index in [-0.39, 0.29) is 23.1 Å². The number of nitrogens with one attached hydrogen (secondary N) is 1. The van der Waals surface area contributed by atoms with Gasteiger partial charge in [-0.2, -0.15) is 0 Å². The number of fused-ring (bicyclic) bond motifs is 1. The molecule has 0 atom stereocenters. The van der Waals surface area contributed by atoms with Gasteiger partial charge in [0.05, 0.1) is 0 Å². The Morgan fingerprint density at radius 1 is 1.44 bits per heavy atom. The van der Waals surface area contributed by atoms with Crippen molar-refractivity contribution in [1.82, 2.24) is 4.98 Å². The van der Waals surface area contributed by atoms with E-state index in [0.29, 0.717) is 4.47 Å². The number of hydrogen-bond acceptors (Lipinski definition) is 3. The predicted octanol–water partition coefficient (Wildman–Crippen LogP) is 2.77. The maximum Gasteiger partial charge on any atom is 0.322 e. The monoisotopic (exact) mass is 316 g/mol. The molecule has 0 amide bonds. The Labute approximate surface area is 109 Å². The molecule has 0 unspecified atom stereocenters. The number of carboxylic acid groups (broad SMARTS) is 1. The van der Waals surface area contributed by atoms with Crippen LogP contribution in [0.4, 0.5) is 14.6 Å². The molecule has 7 heteroatoms. The molecule has 2 aromatic rings. The van der Waals surface area contributed by atoms with Crippen LogP contribution in [0, 0.1) is 11.6 Å². The van der Waals surface area contributed by atoms with Crippen LogP contribution in [0.5, 0.6) is 0 Å². The molecule has 0 aliphatic carbocycles. The Balaban J connectivity index is 2.61. The Hall–Kier alpha value is -1.76. The number of pyridine rings is 1. The van der Waals surface area contributed by atoms with Gasteiger partial charge in [0.2, 0.25) is 0 Å². The topological polar surface area (TPSA) is 62.2 Å². The Morgan fingerprint density at radius 3 is 2.83 bits per heavy atom. The van der Waals surface area contributed by atoms with E-state index >= 15 is 0 Å². The Kier molecular flexibility index (Phi) is 3.42. The third-order valence-electron chi connectivity index (χ3n) is 2.26. The van der Waals surface area contributed by atoms with Crippen LogP contribution in [0.2, 0.25) is 0 Å². The summed E-state index contributed by atoms with van der Waals surface area (Å²) < 4.78 is 27.2. The highest BCUT2D eigenvalue weighted by Crippen LogP contribution is 2.31. The summed E-state index contributed by atoms with van der Waals surface area (Å²) in [5.74, 6) is -2.46. The lowest BCUT2D eigenvalue weighted by Crippen LogP contribution is -2.13. The molecule has 0 spiro atoms. The van der Waals surface area contributed by atoms with Gasteiger partial charge in [0.25, 0.3) is 0 Å². The van der Waals surface area contributed by atoms with E-state index in [1.165, 1.54) is 6.20 Å². The number of hydrogen-bond donors (Lipinski definition) is 2. The van der Waals surface area contributed by atoms with Crippen molar-refractivity contribution in [2.45, 2.75) is 0 Å². The second kappa shape index (κ2) is 4.85.